The lowest BCUT2D eigenvalue weighted by molar-refractivity contribution is -0.133. The largest absolute Gasteiger partial charge is 0.490 e. The molecule has 160 valence electrons. The standard InChI is InChI=1S/C24H28FNO3S/c1-16(2)11-24(27)26-9-7-17(8-10-26)14-28-21-5-3-18(12-20(21)25)19-4-6-23-22(13-19)29-15-30-23/h3-6,12-13,16-17H,7-11,14-15H2,1-2H3. The number of hydrogen-bond acceptors (Lipinski definition) is 4. The number of amides is 1. The van der Waals surface area contributed by atoms with Crippen molar-refractivity contribution >= 4 is 17.7 Å². The van der Waals surface area contributed by atoms with Crippen molar-refractivity contribution in [1.82, 2.24) is 4.90 Å². The summed E-state index contributed by atoms with van der Waals surface area (Å²) in [5.74, 6) is 2.38. The fraction of sp³-hybridized carbons (Fsp3) is 0.458. The van der Waals surface area contributed by atoms with Crippen LogP contribution in [0.2, 0.25) is 0 Å². The Hall–Kier alpha value is -2.21. The molecule has 30 heavy (non-hydrogen) atoms. The molecule has 2 aliphatic heterocycles. The molecule has 0 saturated carbocycles. The van der Waals surface area contributed by atoms with Gasteiger partial charge in [0.15, 0.2) is 11.6 Å². The van der Waals surface area contributed by atoms with Crippen LogP contribution in [0.4, 0.5) is 4.39 Å². The first kappa shape index (κ1) is 21.0. The summed E-state index contributed by atoms with van der Waals surface area (Å²) < 4.78 is 26.0. The monoisotopic (exact) mass is 429 g/mol. The second-order valence-corrected chi connectivity index (χ2v) is 9.41. The molecule has 1 fully saturated rings. The van der Waals surface area contributed by atoms with E-state index in [2.05, 4.69) is 13.8 Å². The van der Waals surface area contributed by atoms with Gasteiger partial charge in [0.2, 0.25) is 5.91 Å². The molecule has 1 amide bonds. The van der Waals surface area contributed by atoms with Gasteiger partial charge < -0.3 is 14.4 Å². The Morgan fingerprint density at radius 1 is 1.20 bits per heavy atom. The molecule has 0 radical (unpaired) electrons. The zero-order chi connectivity index (χ0) is 21.1. The molecular weight excluding hydrogens is 401 g/mol. The number of benzene rings is 2. The topological polar surface area (TPSA) is 38.8 Å². The number of thioether (sulfide) groups is 1. The average Bonchev–Trinajstić information content (AvgIpc) is 3.20. The highest BCUT2D eigenvalue weighted by Gasteiger charge is 2.24. The highest BCUT2D eigenvalue weighted by atomic mass is 32.2. The molecule has 0 bridgehead atoms. The summed E-state index contributed by atoms with van der Waals surface area (Å²) >= 11 is 1.66. The maximum absolute atomic E-state index is 14.6. The number of ether oxygens (including phenoxy) is 2. The summed E-state index contributed by atoms with van der Waals surface area (Å²) in [6, 6.07) is 11.1. The van der Waals surface area contributed by atoms with Crippen molar-refractivity contribution in [2.45, 2.75) is 38.0 Å². The van der Waals surface area contributed by atoms with Crippen molar-refractivity contribution in [2.24, 2.45) is 11.8 Å². The molecule has 0 N–H and O–H groups in total. The van der Waals surface area contributed by atoms with E-state index in [1.54, 1.807) is 17.8 Å². The van der Waals surface area contributed by atoms with Gasteiger partial charge in [-0.2, -0.15) is 0 Å². The molecule has 0 unspecified atom stereocenters. The summed E-state index contributed by atoms with van der Waals surface area (Å²) in [7, 11) is 0. The fourth-order valence-corrected chi connectivity index (χ4v) is 4.65. The third kappa shape index (κ3) is 4.91. The van der Waals surface area contributed by atoms with E-state index in [4.69, 9.17) is 9.47 Å². The lowest BCUT2D eigenvalue weighted by Gasteiger charge is -2.32. The van der Waals surface area contributed by atoms with E-state index in [0.29, 0.717) is 30.8 Å². The van der Waals surface area contributed by atoms with Crippen molar-refractivity contribution in [3.8, 4) is 22.6 Å². The Balaban J connectivity index is 1.31. The third-order valence-electron chi connectivity index (χ3n) is 5.66. The normalized spacial score (nSPS) is 16.5. The lowest BCUT2D eigenvalue weighted by Crippen LogP contribution is -2.40. The highest BCUT2D eigenvalue weighted by molar-refractivity contribution is 7.99. The smallest absolute Gasteiger partial charge is 0.222 e. The number of carbonyl (C=O) groups excluding carboxylic acids is 1. The van der Waals surface area contributed by atoms with E-state index >= 15 is 0 Å². The molecule has 2 aromatic rings. The molecule has 2 aromatic carbocycles. The third-order valence-corrected chi connectivity index (χ3v) is 6.55. The van der Waals surface area contributed by atoms with E-state index in [1.807, 2.05) is 29.2 Å². The van der Waals surface area contributed by atoms with Gasteiger partial charge in [0.05, 0.1) is 11.5 Å². The maximum atomic E-state index is 14.6. The first-order valence-electron chi connectivity index (χ1n) is 10.6. The Morgan fingerprint density at radius 2 is 1.93 bits per heavy atom. The molecule has 2 aliphatic rings. The minimum Gasteiger partial charge on any atom is -0.490 e. The minimum atomic E-state index is -0.354. The van der Waals surface area contributed by atoms with Gasteiger partial charge in [-0.1, -0.05) is 37.7 Å². The van der Waals surface area contributed by atoms with Crippen LogP contribution in [0.3, 0.4) is 0 Å². The second-order valence-electron chi connectivity index (χ2n) is 8.45. The van der Waals surface area contributed by atoms with Gasteiger partial charge in [0, 0.05) is 19.5 Å². The van der Waals surface area contributed by atoms with Crippen LogP contribution in [0.15, 0.2) is 41.3 Å². The Kier molecular flexibility index (Phi) is 6.52. The summed E-state index contributed by atoms with van der Waals surface area (Å²) in [4.78, 5) is 15.3. The number of halogens is 1. The number of nitrogens with zero attached hydrogens (tertiary/aromatic N) is 1. The maximum Gasteiger partial charge on any atom is 0.222 e. The van der Waals surface area contributed by atoms with E-state index in [-0.39, 0.29) is 17.5 Å². The zero-order valence-corrected chi connectivity index (χ0v) is 18.3. The van der Waals surface area contributed by atoms with E-state index < -0.39 is 0 Å². The number of fused-ring (bicyclic) bond motifs is 1. The van der Waals surface area contributed by atoms with Gasteiger partial charge in [-0.3, -0.25) is 4.79 Å². The molecule has 0 spiro atoms. The predicted octanol–water partition coefficient (Wildman–Crippen LogP) is 5.60. The van der Waals surface area contributed by atoms with Gasteiger partial charge in [-0.25, -0.2) is 4.39 Å². The molecule has 0 atom stereocenters. The highest BCUT2D eigenvalue weighted by Crippen LogP contribution is 2.39. The van der Waals surface area contributed by atoms with Gasteiger partial charge >= 0.3 is 0 Å². The Labute approximate surface area is 181 Å². The van der Waals surface area contributed by atoms with E-state index in [9.17, 15) is 9.18 Å². The number of hydrogen-bond donors (Lipinski definition) is 0. The molecule has 1 saturated heterocycles. The van der Waals surface area contributed by atoms with Crippen LogP contribution >= 0.6 is 11.8 Å². The zero-order valence-electron chi connectivity index (χ0n) is 17.5. The molecule has 0 aliphatic carbocycles. The van der Waals surface area contributed by atoms with Crippen LogP contribution in [0, 0.1) is 17.7 Å². The molecule has 4 nitrogen and oxygen atoms in total. The molecule has 0 aromatic heterocycles. The van der Waals surface area contributed by atoms with E-state index in [1.165, 1.54) is 6.07 Å². The summed E-state index contributed by atoms with van der Waals surface area (Å²) in [5.41, 5.74) is 1.74. The predicted molar refractivity (Wildman–Crippen MR) is 117 cm³/mol. The number of likely N-dealkylation sites (tertiary alicyclic amines) is 1. The Morgan fingerprint density at radius 3 is 2.67 bits per heavy atom. The SMILES string of the molecule is CC(C)CC(=O)N1CCC(COc2ccc(-c3ccc4c(c3)OCS4)cc2F)CC1. The van der Waals surface area contributed by atoms with Crippen molar-refractivity contribution < 1.29 is 18.7 Å². The van der Waals surface area contributed by atoms with Crippen LogP contribution in [-0.4, -0.2) is 36.4 Å². The van der Waals surface area contributed by atoms with Crippen LogP contribution in [0.25, 0.3) is 11.1 Å². The lowest BCUT2D eigenvalue weighted by atomic mass is 9.97. The van der Waals surface area contributed by atoms with Crippen LogP contribution < -0.4 is 9.47 Å². The molecular formula is C24H28FNO3S. The van der Waals surface area contributed by atoms with Crippen LogP contribution in [-0.2, 0) is 4.79 Å². The molecule has 2 heterocycles. The van der Waals surface area contributed by atoms with Gasteiger partial charge in [0.25, 0.3) is 0 Å². The van der Waals surface area contributed by atoms with Crippen molar-refractivity contribution in [3.63, 3.8) is 0 Å². The second kappa shape index (κ2) is 9.29. The average molecular weight is 430 g/mol. The first-order chi connectivity index (χ1) is 14.5. The van der Waals surface area contributed by atoms with Crippen LogP contribution in [0.1, 0.15) is 33.1 Å². The summed E-state index contributed by atoms with van der Waals surface area (Å²) in [6.07, 6.45) is 2.40. The number of piperidine rings is 1. The number of carbonyl (C=O) groups is 1. The van der Waals surface area contributed by atoms with Gasteiger partial charge in [-0.15, -0.1) is 0 Å². The molecule has 6 heteroatoms. The minimum absolute atomic E-state index is 0.238. The fourth-order valence-electron chi connectivity index (χ4n) is 3.91. The van der Waals surface area contributed by atoms with Crippen molar-refractivity contribution in [3.05, 3.63) is 42.2 Å². The quantitative estimate of drug-likeness (QED) is 0.599. The summed E-state index contributed by atoms with van der Waals surface area (Å²) in [6.45, 7) is 6.14. The summed E-state index contributed by atoms with van der Waals surface area (Å²) in [5, 5.41) is 0. The van der Waals surface area contributed by atoms with Gasteiger partial charge in [-0.05, 0) is 60.1 Å². The first-order valence-corrected chi connectivity index (χ1v) is 11.6. The van der Waals surface area contributed by atoms with E-state index in [0.717, 1.165) is 47.7 Å². The van der Waals surface area contributed by atoms with Gasteiger partial charge in [0.1, 0.15) is 11.7 Å². The Bertz CT molecular complexity index is 909. The van der Waals surface area contributed by atoms with Crippen molar-refractivity contribution in [1.29, 1.82) is 0 Å². The van der Waals surface area contributed by atoms with Crippen LogP contribution in [0.5, 0.6) is 11.5 Å². The number of rotatable bonds is 6. The van der Waals surface area contributed by atoms with Crippen molar-refractivity contribution in [2.75, 3.05) is 25.6 Å². The molecule has 4 rings (SSSR count).